The van der Waals surface area contributed by atoms with E-state index in [0.717, 1.165) is 24.2 Å². The van der Waals surface area contributed by atoms with Crippen molar-refractivity contribution in [1.82, 2.24) is 4.98 Å². The number of aryl methyl sites for hydroxylation is 1. The Bertz CT molecular complexity index is 258. The first-order chi connectivity index (χ1) is 5.86. The summed E-state index contributed by atoms with van der Waals surface area (Å²) in [5, 5.41) is 3.58. The number of hydrogen-bond acceptors (Lipinski definition) is 3. The number of hydrazone groups is 1. The molecule has 0 atom stereocenters. The van der Waals surface area contributed by atoms with Crippen LogP contribution in [-0.4, -0.2) is 11.7 Å². The first-order valence-corrected chi connectivity index (χ1v) is 4.03. The van der Waals surface area contributed by atoms with Gasteiger partial charge < -0.3 is 0 Å². The molecule has 3 heteroatoms. The SMILES string of the molecule is C=NNc1ccnc(CCC)c1. The molecule has 0 aliphatic rings. The standard InChI is InChI=1S/C9H13N3/c1-3-4-8-7-9(12-10-2)5-6-11-8/h5-7H,2-4H2,1H3,(H,11,12). The smallest absolute Gasteiger partial charge is 0.0595 e. The summed E-state index contributed by atoms with van der Waals surface area (Å²) < 4.78 is 0. The van der Waals surface area contributed by atoms with E-state index in [0.29, 0.717) is 0 Å². The van der Waals surface area contributed by atoms with Gasteiger partial charge in [-0.25, -0.2) is 0 Å². The number of aromatic nitrogens is 1. The maximum absolute atomic E-state index is 4.21. The molecule has 1 N–H and O–H groups in total. The van der Waals surface area contributed by atoms with Gasteiger partial charge in [0.25, 0.3) is 0 Å². The van der Waals surface area contributed by atoms with Gasteiger partial charge in [0.2, 0.25) is 0 Å². The molecule has 0 bridgehead atoms. The monoisotopic (exact) mass is 163 g/mol. The Morgan fingerprint density at radius 3 is 3.17 bits per heavy atom. The number of anilines is 1. The topological polar surface area (TPSA) is 37.3 Å². The zero-order chi connectivity index (χ0) is 8.81. The van der Waals surface area contributed by atoms with E-state index in [1.807, 2.05) is 12.1 Å². The van der Waals surface area contributed by atoms with Crippen molar-refractivity contribution in [3.63, 3.8) is 0 Å². The molecule has 0 unspecified atom stereocenters. The van der Waals surface area contributed by atoms with E-state index >= 15 is 0 Å². The lowest BCUT2D eigenvalue weighted by Gasteiger charge is -2.01. The van der Waals surface area contributed by atoms with Crippen LogP contribution in [0.5, 0.6) is 0 Å². The Morgan fingerprint density at radius 1 is 1.67 bits per heavy atom. The molecule has 0 radical (unpaired) electrons. The summed E-state index contributed by atoms with van der Waals surface area (Å²) in [6.07, 6.45) is 3.89. The molecule has 0 aromatic carbocycles. The van der Waals surface area contributed by atoms with Crippen LogP contribution in [0.4, 0.5) is 5.69 Å². The summed E-state index contributed by atoms with van der Waals surface area (Å²) in [4.78, 5) is 4.21. The molecule has 64 valence electrons. The van der Waals surface area contributed by atoms with E-state index in [-0.39, 0.29) is 0 Å². The van der Waals surface area contributed by atoms with Gasteiger partial charge in [0.05, 0.1) is 5.69 Å². The highest BCUT2D eigenvalue weighted by molar-refractivity contribution is 5.44. The van der Waals surface area contributed by atoms with E-state index in [4.69, 9.17) is 0 Å². The van der Waals surface area contributed by atoms with E-state index in [9.17, 15) is 0 Å². The predicted octanol–water partition coefficient (Wildman–Crippen LogP) is 2.06. The van der Waals surface area contributed by atoms with Crippen LogP contribution in [0.2, 0.25) is 0 Å². The Morgan fingerprint density at radius 2 is 2.50 bits per heavy atom. The second-order valence-corrected chi connectivity index (χ2v) is 2.56. The number of nitrogens with zero attached hydrogens (tertiary/aromatic N) is 2. The van der Waals surface area contributed by atoms with Crippen LogP contribution < -0.4 is 5.43 Å². The lowest BCUT2D eigenvalue weighted by Crippen LogP contribution is -1.92. The van der Waals surface area contributed by atoms with Gasteiger partial charge in [0.1, 0.15) is 0 Å². The number of rotatable bonds is 4. The quantitative estimate of drug-likeness (QED) is 0.545. The van der Waals surface area contributed by atoms with Crippen molar-refractivity contribution in [1.29, 1.82) is 0 Å². The van der Waals surface area contributed by atoms with E-state index < -0.39 is 0 Å². The maximum Gasteiger partial charge on any atom is 0.0595 e. The predicted molar refractivity (Wildman–Crippen MR) is 51.4 cm³/mol. The normalized spacial score (nSPS) is 9.42. The van der Waals surface area contributed by atoms with Crippen molar-refractivity contribution >= 4 is 12.4 Å². The molecule has 1 rings (SSSR count). The van der Waals surface area contributed by atoms with Gasteiger partial charge in [0, 0.05) is 18.6 Å². The Kier molecular flexibility index (Phi) is 3.26. The zero-order valence-corrected chi connectivity index (χ0v) is 7.25. The average Bonchev–Trinajstić information content (AvgIpc) is 2.06. The minimum absolute atomic E-state index is 0.948. The first-order valence-electron chi connectivity index (χ1n) is 4.03. The van der Waals surface area contributed by atoms with Crippen LogP contribution in [0.15, 0.2) is 23.4 Å². The fourth-order valence-electron chi connectivity index (χ4n) is 1.03. The zero-order valence-electron chi connectivity index (χ0n) is 7.25. The van der Waals surface area contributed by atoms with Crippen molar-refractivity contribution in [3.8, 4) is 0 Å². The molecule has 0 aliphatic heterocycles. The summed E-state index contributed by atoms with van der Waals surface area (Å²) in [7, 11) is 0. The average molecular weight is 163 g/mol. The fraction of sp³-hybridized carbons (Fsp3) is 0.333. The third-order valence-electron chi connectivity index (χ3n) is 1.53. The molecule has 0 aliphatic carbocycles. The van der Waals surface area contributed by atoms with Crippen molar-refractivity contribution in [2.24, 2.45) is 5.10 Å². The summed E-state index contributed by atoms with van der Waals surface area (Å²) in [5.41, 5.74) is 4.82. The molecular weight excluding hydrogens is 150 g/mol. The lowest BCUT2D eigenvalue weighted by atomic mass is 10.2. The summed E-state index contributed by atoms with van der Waals surface area (Å²) in [6, 6.07) is 3.85. The third kappa shape index (κ3) is 2.34. The second-order valence-electron chi connectivity index (χ2n) is 2.56. The summed E-state index contributed by atoms with van der Waals surface area (Å²) in [6.45, 7) is 5.48. The molecule has 0 amide bonds. The molecule has 0 spiro atoms. The van der Waals surface area contributed by atoms with Gasteiger partial charge >= 0.3 is 0 Å². The fourth-order valence-corrected chi connectivity index (χ4v) is 1.03. The van der Waals surface area contributed by atoms with E-state index in [2.05, 4.69) is 29.2 Å². The number of pyridine rings is 1. The molecule has 0 saturated heterocycles. The minimum Gasteiger partial charge on any atom is -0.279 e. The van der Waals surface area contributed by atoms with Gasteiger partial charge in [-0.3, -0.25) is 10.4 Å². The van der Waals surface area contributed by atoms with Crippen molar-refractivity contribution in [2.75, 3.05) is 5.43 Å². The molecular formula is C9H13N3. The van der Waals surface area contributed by atoms with Gasteiger partial charge in [-0.05, 0) is 18.6 Å². The van der Waals surface area contributed by atoms with Crippen molar-refractivity contribution in [2.45, 2.75) is 19.8 Å². The maximum atomic E-state index is 4.21. The highest BCUT2D eigenvalue weighted by Crippen LogP contribution is 2.08. The Hall–Kier alpha value is -1.38. The second kappa shape index (κ2) is 4.49. The first kappa shape index (κ1) is 8.71. The minimum atomic E-state index is 0.948. The molecule has 3 nitrogen and oxygen atoms in total. The van der Waals surface area contributed by atoms with Crippen molar-refractivity contribution < 1.29 is 0 Å². The molecule has 1 aromatic heterocycles. The van der Waals surface area contributed by atoms with Gasteiger partial charge in [-0.1, -0.05) is 13.3 Å². The van der Waals surface area contributed by atoms with Crippen molar-refractivity contribution in [3.05, 3.63) is 24.0 Å². The highest BCUT2D eigenvalue weighted by atomic mass is 15.3. The van der Waals surface area contributed by atoms with Crippen LogP contribution >= 0.6 is 0 Å². The van der Waals surface area contributed by atoms with Gasteiger partial charge in [-0.15, -0.1) is 0 Å². The Labute approximate surface area is 72.5 Å². The van der Waals surface area contributed by atoms with Gasteiger partial charge in [0.15, 0.2) is 0 Å². The van der Waals surface area contributed by atoms with Crippen LogP contribution in [0.25, 0.3) is 0 Å². The van der Waals surface area contributed by atoms with Gasteiger partial charge in [-0.2, -0.15) is 5.10 Å². The Balaban J connectivity index is 2.73. The third-order valence-corrected chi connectivity index (χ3v) is 1.53. The molecule has 12 heavy (non-hydrogen) atoms. The largest absolute Gasteiger partial charge is 0.279 e. The van der Waals surface area contributed by atoms with Crippen LogP contribution in [0.3, 0.4) is 0 Å². The summed E-state index contributed by atoms with van der Waals surface area (Å²) in [5.74, 6) is 0. The number of hydrogen-bond donors (Lipinski definition) is 1. The molecule has 0 fully saturated rings. The molecule has 1 heterocycles. The van der Waals surface area contributed by atoms with Crippen LogP contribution in [0, 0.1) is 0 Å². The highest BCUT2D eigenvalue weighted by Gasteiger charge is 1.93. The number of nitrogens with one attached hydrogen (secondary N) is 1. The molecule has 1 aromatic rings. The van der Waals surface area contributed by atoms with Crippen LogP contribution in [-0.2, 0) is 6.42 Å². The summed E-state index contributed by atoms with van der Waals surface area (Å²) >= 11 is 0. The van der Waals surface area contributed by atoms with E-state index in [1.54, 1.807) is 6.20 Å². The van der Waals surface area contributed by atoms with Crippen LogP contribution in [0.1, 0.15) is 19.0 Å². The lowest BCUT2D eigenvalue weighted by molar-refractivity contribution is 0.883. The van der Waals surface area contributed by atoms with E-state index in [1.165, 1.54) is 0 Å². The molecule has 0 saturated carbocycles.